The van der Waals surface area contributed by atoms with E-state index in [1.165, 1.54) is 9.79 Å². The Kier molecular flexibility index (Phi) is 7.19. The molecule has 4 heteroatoms. The molecule has 0 aliphatic heterocycles. The molecule has 0 atom stereocenters. The number of hydrogen-bond donors (Lipinski definition) is 0. The zero-order valence-corrected chi connectivity index (χ0v) is 20.0. The van der Waals surface area contributed by atoms with E-state index in [-0.39, 0.29) is 0 Å². The molecular formula is C30H22O2S2. The third kappa shape index (κ3) is 6.25. The second kappa shape index (κ2) is 11.0. The molecule has 0 amide bonds. The first-order chi connectivity index (χ1) is 16.8. The van der Waals surface area contributed by atoms with E-state index in [4.69, 9.17) is 9.47 Å². The minimum Gasteiger partial charge on any atom is -0.457 e. The summed E-state index contributed by atoms with van der Waals surface area (Å²) in [5, 5.41) is 0. The van der Waals surface area contributed by atoms with E-state index in [0.29, 0.717) is 0 Å². The van der Waals surface area contributed by atoms with Crippen LogP contribution >= 0.6 is 23.5 Å². The van der Waals surface area contributed by atoms with Crippen molar-refractivity contribution in [2.45, 2.75) is 19.6 Å². The van der Waals surface area contributed by atoms with Gasteiger partial charge in [-0.2, -0.15) is 0 Å². The molecule has 0 spiro atoms. The van der Waals surface area contributed by atoms with Gasteiger partial charge in [-0.3, -0.25) is 0 Å². The van der Waals surface area contributed by atoms with Crippen molar-refractivity contribution in [3.05, 3.63) is 133 Å². The Bertz CT molecular complexity index is 1250. The fraction of sp³-hybridized carbons (Fsp3) is 0. The van der Waals surface area contributed by atoms with Crippen molar-refractivity contribution >= 4 is 23.5 Å². The average molecular weight is 479 g/mol. The molecule has 5 aromatic rings. The molecule has 0 heterocycles. The fourth-order valence-corrected chi connectivity index (χ4v) is 5.10. The van der Waals surface area contributed by atoms with Crippen molar-refractivity contribution in [1.82, 2.24) is 0 Å². The van der Waals surface area contributed by atoms with E-state index >= 15 is 0 Å². The van der Waals surface area contributed by atoms with Gasteiger partial charge in [-0.1, -0.05) is 78.1 Å². The van der Waals surface area contributed by atoms with Gasteiger partial charge in [0.25, 0.3) is 0 Å². The predicted octanol–water partition coefficient (Wildman–Crippen LogP) is 9.57. The van der Waals surface area contributed by atoms with Crippen LogP contribution < -0.4 is 9.47 Å². The van der Waals surface area contributed by atoms with Gasteiger partial charge in [0, 0.05) is 25.6 Å². The summed E-state index contributed by atoms with van der Waals surface area (Å²) in [6.07, 6.45) is 0. The Hall–Kier alpha value is -3.60. The van der Waals surface area contributed by atoms with Crippen LogP contribution in [0.3, 0.4) is 0 Å². The summed E-state index contributed by atoms with van der Waals surface area (Å²) in [5.74, 6) is 3.04. The highest BCUT2D eigenvalue weighted by atomic mass is 32.2. The van der Waals surface area contributed by atoms with Crippen LogP contribution in [0.15, 0.2) is 153 Å². The lowest BCUT2D eigenvalue weighted by atomic mass is 10.3. The van der Waals surface area contributed by atoms with Crippen LogP contribution in [0.4, 0.5) is 0 Å². The molecule has 0 aliphatic carbocycles. The normalized spacial score (nSPS) is 10.6. The standard InChI is InChI=1S/C30H22O2S2/c1-3-14-27(15-4-1)33-29-18-8-12-25(21-29)31-23-10-7-11-24(20-23)32-26-13-9-19-30(22-26)34-28-16-5-2-6-17-28/h1-22H. The zero-order valence-electron chi connectivity index (χ0n) is 18.3. The molecule has 0 saturated carbocycles. The van der Waals surface area contributed by atoms with Crippen molar-refractivity contribution in [3.8, 4) is 23.0 Å². The molecular weight excluding hydrogens is 456 g/mol. The molecule has 0 N–H and O–H groups in total. The fourth-order valence-electron chi connectivity index (χ4n) is 3.32. The highest BCUT2D eigenvalue weighted by molar-refractivity contribution is 7.99. The van der Waals surface area contributed by atoms with E-state index in [9.17, 15) is 0 Å². The highest BCUT2D eigenvalue weighted by Gasteiger charge is 2.05. The summed E-state index contributed by atoms with van der Waals surface area (Å²) in [7, 11) is 0. The lowest BCUT2D eigenvalue weighted by Crippen LogP contribution is -1.88. The summed E-state index contributed by atoms with van der Waals surface area (Å²) in [5.41, 5.74) is 0. The minimum atomic E-state index is 0.731. The molecule has 166 valence electrons. The molecule has 0 aromatic heterocycles. The smallest absolute Gasteiger partial charge is 0.131 e. The maximum Gasteiger partial charge on any atom is 0.131 e. The molecule has 0 bridgehead atoms. The van der Waals surface area contributed by atoms with Gasteiger partial charge < -0.3 is 9.47 Å². The summed E-state index contributed by atoms with van der Waals surface area (Å²) < 4.78 is 12.3. The van der Waals surface area contributed by atoms with Crippen LogP contribution in [0.5, 0.6) is 23.0 Å². The first-order valence-electron chi connectivity index (χ1n) is 10.9. The molecule has 0 fully saturated rings. The van der Waals surface area contributed by atoms with Gasteiger partial charge in [0.1, 0.15) is 23.0 Å². The number of benzene rings is 5. The maximum absolute atomic E-state index is 6.14. The quantitative estimate of drug-likeness (QED) is 0.221. The monoisotopic (exact) mass is 478 g/mol. The second-order valence-corrected chi connectivity index (χ2v) is 9.75. The lowest BCUT2D eigenvalue weighted by Gasteiger charge is -2.11. The molecule has 5 rings (SSSR count). The van der Waals surface area contributed by atoms with Gasteiger partial charge in [-0.25, -0.2) is 0 Å². The molecule has 0 saturated heterocycles. The van der Waals surface area contributed by atoms with Crippen molar-refractivity contribution in [2.75, 3.05) is 0 Å². The Morgan fingerprint density at radius 3 is 1.12 bits per heavy atom. The Balaban J connectivity index is 1.26. The van der Waals surface area contributed by atoms with Crippen LogP contribution in [-0.4, -0.2) is 0 Å². The minimum absolute atomic E-state index is 0.731. The van der Waals surface area contributed by atoms with E-state index < -0.39 is 0 Å². The molecule has 0 unspecified atom stereocenters. The highest BCUT2D eigenvalue weighted by Crippen LogP contribution is 2.34. The van der Waals surface area contributed by atoms with Gasteiger partial charge in [-0.05, 0) is 72.8 Å². The number of ether oxygens (including phenoxy) is 2. The topological polar surface area (TPSA) is 18.5 Å². The van der Waals surface area contributed by atoms with Gasteiger partial charge in [0.2, 0.25) is 0 Å². The number of rotatable bonds is 8. The summed E-state index contributed by atoms with van der Waals surface area (Å²) in [6.45, 7) is 0. The largest absolute Gasteiger partial charge is 0.457 e. The Morgan fingerprint density at radius 1 is 0.324 bits per heavy atom. The molecule has 2 nitrogen and oxygen atoms in total. The van der Waals surface area contributed by atoms with Crippen molar-refractivity contribution in [1.29, 1.82) is 0 Å². The SMILES string of the molecule is c1ccc(Sc2cccc(Oc3cccc(Oc4cccc(Sc5ccccc5)c4)c3)c2)cc1. The Labute approximate surface area is 208 Å². The van der Waals surface area contributed by atoms with Crippen LogP contribution in [-0.2, 0) is 0 Å². The van der Waals surface area contributed by atoms with Crippen LogP contribution in [0, 0.1) is 0 Å². The summed E-state index contributed by atoms with van der Waals surface area (Å²) in [4.78, 5) is 4.65. The third-order valence-electron chi connectivity index (χ3n) is 4.85. The molecule has 0 aliphatic rings. The number of hydrogen-bond acceptors (Lipinski definition) is 4. The average Bonchev–Trinajstić information content (AvgIpc) is 2.86. The van der Waals surface area contributed by atoms with Crippen LogP contribution in [0.25, 0.3) is 0 Å². The first kappa shape index (κ1) is 22.2. The van der Waals surface area contributed by atoms with E-state index in [1.807, 2.05) is 84.9 Å². The third-order valence-corrected chi connectivity index (χ3v) is 6.84. The predicted molar refractivity (Wildman–Crippen MR) is 141 cm³/mol. The summed E-state index contributed by atoms with van der Waals surface area (Å²) in [6, 6.07) is 44.6. The molecule has 0 radical (unpaired) electrons. The van der Waals surface area contributed by atoms with Crippen molar-refractivity contribution < 1.29 is 9.47 Å². The molecule has 34 heavy (non-hydrogen) atoms. The van der Waals surface area contributed by atoms with Crippen LogP contribution in [0.1, 0.15) is 0 Å². The van der Waals surface area contributed by atoms with Crippen molar-refractivity contribution in [3.63, 3.8) is 0 Å². The lowest BCUT2D eigenvalue weighted by molar-refractivity contribution is 0.459. The van der Waals surface area contributed by atoms with Gasteiger partial charge in [0.05, 0.1) is 0 Å². The van der Waals surface area contributed by atoms with Gasteiger partial charge >= 0.3 is 0 Å². The van der Waals surface area contributed by atoms with E-state index in [1.54, 1.807) is 23.5 Å². The summed E-state index contributed by atoms with van der Waals surface area (Å²) >= 11 is 3.42. The van der Waals surface area contributed by atoms with E-state index in [2.05, 4.69) is 48.5 Å². The maximum atomic E-state index is 6.14. The molecule has 5 aromatic carbocycles. The zero-order chi connectivity index (χ0) is 23.0. The van der Waals surface area contributed by atoms with Gasteiger partial charge in [-0.15, -0.1) is 0 Å². The van der Waals surface area contributed by atoms with E-state index in [0.717, 1.165) is 32.8 Å². The second-order valence-electron chi connectivity index (χ2n) is 7.46. The van der Waals surface area contributed by atoms with Crippen LogP contribution in [0.2, 0.25) is 0 Å². The van der Waals surface area contributed by atoms with Gasteiger partial charge in [0.15, 0.2) is 0 Å². The first-order valence-corrected chi connectivity index (χ1v) is 12.6. The van der Waals surface area contributed by atoms with Crippen molar-refractivity contribution in [2.24, 2.45) is 0 Å². The Morgan fingerprint density at radius 2 is 0.676 bits per heavy atom.